The number of ether oxygens (including phenoxy) is 1. The maximum absolute atomic E-state index is 12.2. The third-order valence-electron chi connectivity index (χ3n) is 2.95. The summed E-state index contributed by atoms with van der Waals surface area (Å²) in [5.74, 6) is 0.805. The van der Waals surface area contributed by atoms with Gasteiger partial charge in [0.05, 0.1) is 11.5 Å². The highest BCUT2D eigenvalue weighted by Gasteiger charge is 2.17. The predicted molar refractivity (Wildman–Crippen MR) is 75.7 cm³/mol. The molecule has 1 aliphatic rings. The number of sulfonamides is 1. The van der Waals surface area contributed by atoms with Crippen molar-refractivity contribution in [2.45, 2.75) is 11.3 Å². The van der Waals surface area contributed by atoms with Crippen molar-refractivity contribution in [3.05, 3.63) is 47.2 Å². The lowest BCUT2D eigenvalue weighted by Crippen LogP contribution is -2.13. The molecule has 0 fully saturated rings. The molecule has 20 heavy (non-hydrogen) atoms. The maximum Gasteiger partial charge on any atom is 0.262 e. The fourth-order valence-electron chi connectivity index (χ4n) is 2.02. The fraction of sp³-hybridized carbons (Fsp3) is 0.154. The summed E-state index contributed by atoms with van der Waals surface area (Å²) in [5, 5.41) is 0.134. The number of fused-ring (bicyclic) bond motifs is 1. The molecule has 1 aromatic heterocycles. The van der Waals surface area contributed by atoms with E-state index in [1.54, 1.807) is 18.2 Å². The van der Waals surface area contributed by atoms with Gasteiger partial charge in [-0.05, 0) is 35.9 Å². The second-order valence-electron chi connectivity index (χ2n) is 4.34. The van der Waals surface area contributed by atoms with Crippen LogP contribution in [0.5, 0.6) is 5.75 Å². The molecule has 0 spiro atoms. The van der Waals surface area contributed by atoms with Gasteiger partial charge in [-0.1, -0.05) is 11.6 Å². The number of benzene rings is 1. The van der Waals surface area contributed by atoms with Crippen molar-refractivity contribution in [1.82, 2.24) is 4.98 Å². The van der Waals surface area contributed by atoms with E-state index in [4.69, 9.17) is 16.3 Å². The van der Waals surface area contributed by atoms with Crippen LogP contribution in [0.1, 0.15) is 5.56 Å². The summed E-state index contributed by atoms with van der Waals surface area (Å²) >= 11 is 5.71. The van der Waals surface area contributed by atoms with E-state index in [1.165, 1.54) is 18.3 Å². The van der Waals surface area contributed by atoms with Gasteiger partial charge in [0.1, 0.15) is 10.9 Å². The number of aromatic nitrogens is 1. The van der Waals surface area contributed by atoms with E-state index in [-0.39, 0.29) is 10.0 Å². The Bertz CT molecular complexity index is 762. The molecule has 3 rings (SSSR count). The van der Waals surface area contributed by atoms with Gasteiger partial charge in [-0.15, -0.1) is 0 Å². The van der Waals surface area contributed by atoms with Gasteiger partial charge in [0.15, 0.2) is 0 Å². The van der Waals surface area contributed by atoms with Gasteiger partial charge in [-0.3, -0.25) is 4.72 Å². The highest BCUT2D eigenvalue weighted by atomic mass is 35.5. The molecule has 104 valence electrons. The summed E-state index contributed by atoms with van der Waals surface area (Å²) in [5.41, 5.74) is 1.50. The standard InChI is InChI=1S/C13H11ClN2O3S/c14-13-8-11(3-5-15-13)20(17,18)16-10-1-2-12-9(7-10)4-6-19-12/h1-3,5,7-8,16H,4,6H2. The largest absolute Gasteiger partial charge is 0.493 e. The zero-order valence-corrected chi connectivity index (χ0v) is 11.9. The van der Waals surface area contributed by atoms with Crippen LogP contribution < -0.4 is 9.46 Å². The van der Waals surface area contributed by atoms with E-state index >= 15 is 0 Å². The number of rotatable bonds is 3. The molecule has 2 heterocycles. The highest BCUT2D eigenvalue weighted by molar-refractivity contribution is 7.92. The van der Waals surface area contributed by atoms with Gasteiger partial charge >= 0.3 is 0 Å². The molecule has 0 amide bonds. The number of halogens is 1. The van der Waals surface area contributed by atoms with E-state index in [0.29, 0.717) is 12.3 Å². The van der Waals surface area contributed by atoms with Crippen molar-refractivity contribution in [2.24, 2.45) is 0 Å². The van der Waals surface area contributed by atoms with Crippen LogP contribution in [0.2, 0.25) is 5.15 Å². The van der Waals surface area contributed by atoms with Crippen LogP contribution in [0.4, 0.5) is 5.69 Å². The Kier molecular flexibility index (Phi) is 3.27. The Labute approximate surface area is 121 Å². The average molecular weight is 311 g/mol. The lowest BCUT2D eigenvalue weighted by molar-refractivity contribution is 0.357. The minimum Gasteiger partial charge on any atom is -0.493 e. The molecular weight excluding hydrogens is 300 g/mol. The topological polar surface area (TPSA) is 68.3 Å². The highest BCUT2D eigenvalue weighted by Crippen LogP contribution is 2.29. The lowest BCUT2D eigenvalue weighted by Gasteiger charge is -2.09. The summed E-state index contributed by atoms with van der Waals surface area (Å²) in [6.07, 6.45) is 2.14. The maximum atomic E-state index is 12.2. The van der Waals surface area contributed by atoms with Crippen molar-refractivity contribution >= 4 is 27.3 Å². The van der Waals surface area contributed by atoms with Crippen molar-refractivity contribution in [3.63, 3.8) is 0 Å². The summed E-state index contributed by atoms with van der Waals surface area (Å²) in [7, 11) is -3.67. The van der Waals surface area contributed by atoms with Gasteiger partial charge < -0.3 is 4.74 Å². The van der Waals surface area contributed by atoms with Crippen LogP contribution in [-0.4, -0.2) is 20.0 Å². The molecule has 1 aliphatic heterocycles. The van der Waals surface area contributed by atoms with Gasteiger partial charge in [0.25, 0.3) is 10.0 Å². The normalized spacial score (nSPS) is 13.7. The zero-order valence-electron chi connectivity index (χ0n) is 10.3. The molecule has 0 aliphatic carbocycles. The molecule has 1 aromatic carbocycles. The molecule has 0 radical (unpaired) electrons. The van der Waals surface area contributed by atoms with Crippen LogP contribution in [0.25, 0.3) is 0 Å². The predicted octanol–water partition coefficient (Wildman–Crippen LogP) is 2.47. The molecule has 0 bridgehead atoms. The number of nitrogens with one attached hydrogen (secondary N) is 1. The minimum absolute atomic E-state index is 0.0780. The van der Waals surface area contributed by atoms with Crippen LogP contribution in [0.3, 0.4) is 0 Å². The number of hydrogen-bond acceptors (Lipinski definition) is 4. The molecule has 0 saturated heterocycles. The molecule has 7 heteroatoms. The van der Waals surface area contributed by atoms with Crippen LogP contribution in [-0.2, 0) is 16.4 Å². The first kappa shape index (κ1) is 13.2. The monoisotopic (exact) mass is 310 g/mol. The first-order chi connectivity index (χ1) is 9.54. The molecule has 0 unspecified atom stereocenters. The number of hydrogen-bond donors (Lipinski definition) is 1. The van der Waals surface area contributed by atoms with E-state index in [1.807, 2.05) is 0 Å². The van der Waals surface area contributed by atoms with E-state index < -0.39 is 10.0 Å². The number of anilines is 1. The Morgan fingerprint density at radius 3 is 2.90 bits per heavy atom. The number of pyridine rings is 1. The average Bonchev–Trinajstić information content (AvgIpc) is 2.85. The smallest absolute Gasteiger partial charge is 0.262 e. The second-order valence-corrected chi connectivity index (χ2v) is 6.41. The zero-order chi connectivity index (χ0) is 14.2. The summed E-state index contributed by atoms with van der Waals surface area (Å²) in [6, 6.07) is 7.91. The minimum atomic E-state index is -3.67. The lowest BCUT2D eigenvalue weighted by atomic mass is 10.1. The molecule has 0 atom stereocenters. The van der Waals surface area contributed by atoms with E-state index in [9.17, 15) is 8.42 Å². The Balaban J connectivity index is 1.90. The molecule has 2 aromatic rings. The Hall–Kier alpha value is -1.79. The Morgan fingerprint density at radius 1 is 1.25 bits per heavy atom. The van der Waals surface area contributed by atoms with Crippen molar-refractivity contribution in [3.8, 4) is 5.75 Å². The second kappa shape index (κ2) is 4.96. The molecule has 1 N–H and O–H groups in total. The third kappa shape index (κ3) is 2.57. The summed E-state index contributed by atoms with van der Waals surface area (Å²) < 4.78 is 32.4. The van der Waals surface area contributed by atoms with E-state index in [2.05, 4.69) is 9.71 Å². The van der Waals surface area contributed by atoms with Gasteiger partial charge in [-0.25, -0.2) is 13.4 Å². The van der Waals surface area contributed by atoms with Crippen LogP contribution in [0.15, 0.2) is 41.4 Å². The van der Waals surface area contributed by atoms with Gasteiger partial charge in [0, 0.05) is 18.3 Å². The van der Waals surface area contributed by atoms with Crippen molar-refractivity contribution in [1.29, 1.82) is 0 Å². The van der Waals surface area contributed by atoms with Crippen molar-refractivity contribution < 1.29 is 13.2 Å². The first-order valence-electron chi connectivity index (χ1n) is 5.95. The number of nitrogens with zero attached hydrogens (tertiary/aromatic N) is 1. The van der Waals surface area contributed by atoms with Gasteiger partial charge in [-0.2, -0.15) is 0 Å². The Morgan fingerprint density at radius 2 is 2.10 bits per heavy atom. The van der Waals surface area contributed by atoms with E-state index in [0.717, 1.165) is 17.7 Å². The van der Waals surface area contributed by atoms with Gasteiger partial charge in [0.2, 0.25) is 0 Å². The van der Waals surface area contributed by atoms with Crippen LogP contribution in [0, 0.1) is 0 Å². The third-order valence-corrected chi connectivity index (χ3v) is 4.54. The fourth-order valence-corrected chi connectivity index (χ4v) is 3.32. The summed E-state index contributed by atoms with van der Waals surface area (Å²) in [4.78, 5) is 3.84. The quantitative estimate of drug-likeness (QED) is 0.884. The van der Waals surface area contributed by atoms with Crippen molar-refractivity contribution in [2.75, 3.05) is 11.3 Å². The molecular formula is C13H11ClN2O3S. The summed E-state index contributed by atoms with van der Waals surface area (Å²) in [6.45, 7) is 0.630. The molecule has 5 nitrogen and oxygen atoms in total. The molecule has 0 saturated carbocycles. The van der Waals surface area contributed by atoms with Crippen LogP contribution >= 0.6 is 11.6 Å². The SMILES string of the molecule is O=S(=O)(Nc1ccc2c(c1)CCO2)c1ccnc(Cl)c1. The first-order valence-corrected chi connectivity index (χ1v) is 7.81.